The van der Waals surface area contributed by atoms with Crippen molar-refractivity contribution in [2.24, 2.45) is 4.99 Å². The molecule has 0 aliphatic carbocycles. The lowest BCUT2D eigenvalue weighted by Crippen LogP contribution is -2.43. The van der Waals surface area contributed by atoms with Gasteiger partial charge in [0.15, 0.2) is 5.96 Å². The van der Waals surface area contributed by atoms with Crippen molar-refractivity contribution in [1.82, 2.24) is 10.6 Å². The summed E-state index contributed by atoms with van der Waals surface area (Å²) in [7, 11) is 0. The Hall–Kier alpha value is -0.380. The summed E-state index contributed by atoms with van der Waals surface area (Å²) < 4.78 is 6.38. The molecule has 2 rings (SSSR count). The average molecular weight is 512 g/mol. The van der Waals surface area contributed by atoms with Crippen LogP contribution in [-0.4, -0.2) is 43.0 Å². The summed E-state index contributed by atoms with van der Waals surface area (Å²) in [6.45, 7) is 6.48. The molecule has 1 heterocycles. The maximum atomic E-state index is 10.5. The molecular formula is C17H27BrIN3O2. The van der Waals surface area contributed by atoms with E-state index in [0.717, 1.165) is 17.0 Å². The third kappa shape index (κ3) is 6.50. The van der Waals surface area contributed by atoms with E-state index in [4.69, 9.17) is 4.74 Å². The minimum absolute atomic E-state index is 0. The van der Waals surface area contributed by atoms with E-state index < -0.39 is 5.60 Å². The Morgan fingerprint density at radius 3 is 2.67 bits per heavy atom. The number of nitrogens with one attached hydrogen (secondary N) is 2. The van der Waals surface area contributed by atoms with Gasteiger partial charge in [-0.3, -0.25) is 4.99 Å². The SMILES string of the molecule is CCNC(=NCC1(O)CCOCC1)NC(C)c1ccccc1Br.I. The largest absolute Gasteiger partial charge is 0.388 e. The van der Waals surface area contributed by atoms with Gasteiger partial charge in [-0.15, -0.1) is 24.0 Å². The summed E-state index contributed by atoms with van der Waals surface area (Å²) in [5.41, 5.74) is 0.417. The molecule has 1 unspecified atom stereocenters. The van der Waals surface area contributed by atoms with Gasteiger partial charge in [-0.1, -0.05) is 34.1 Å². The van der Waals surface area contributed by atoms with Crippen molar-refractivity contribution in [2.75, 3.05) is 26.3 Å². The van der Waals surface area contributed by atoms with Gasteiger partial charge in [-0.2, -0.15) is 0 Å². The molecular weight excluding hydrogens is 485 g/mol. The van der Waals surface area contributed by atoms with Crippen molar-refractivity contribution in [2.45, 2.75) is 38.3 Å². The van der Waals surface area contributed by atoms with E-state index in [1.807, 2.05) is 25.1 Å². The van der Waals surface area contributed by atoms with E-state index in [9.17, 15) is 5.11 Å². The van der Waals surface area contributed by atoms with Crippen molar-refractivity contribution in [1.29, 1.82) is 0 Å². The molecule has 1 fully saturated rings. The third-order valence-electron chi connectivity index (χ3n) is 4.02. The van der Waals surface area contributed by atoms with Gasteiger partial charge in [0.1, 0.15) is 0 Å². The number of benzene rings is 1. The fourth-order valence-corrected chi connectivity index (χ4v) is 3.19. The molecule has 0 spiro atoms. The van der Waals surface area contributed by atoms with E-state index in [1.165, 1.54) is 5.56 Å². The predicted molar refractivity (Wildman–Crippen MR) is 112 cm³/mol. The zero-order valence-corrected chi connectivity index (χ0v) is 18.1. The Labute approximate surface area is 169 Å². The molecule has 1 aliphatic rings. The highest BCUT2D eigenvalue weighted by molar-refractivity contribution is 14.0. The Balaban J connectivity index is 0.00000288. The highest BCUT2D eigenvalue weighted by Crippen LogP contribution is 2.23. The maximum absolute atomic E-state index is 10.5. The lowest BCUT2D eigenvalue weighted by Gasteiger charge is -2.30. The lowest BCUT2D eigenvalue weighted by atomic mass is 9.95. The second-order valence-electron chi connectivity index (χ2n) is 5.92. The minimum atomic E-state index is -0.753. The van der Waals surface area contributed by atoms with Crippen LogP contribution >= 0.6 is 39.9 Å². The molecule has 1 aliphatic heterocycles. The van der Waals surface area contributed by atoms with Crippen LogP contribution in [0.1, 0.15) is 38.3 Å². The van der Waals surface area contributed by atoms with Gasteiger partial charge in [0, 0.05) is 37.1 Å². The fourth-order valence-electron chi connectivity index (χ4n) is 2.56. The molecule has 0 amide bonds. The van der Waals surface area contributed by atoms with Crippen molar-refractivity contribution in [3.63, 3.8) is 0 Å². The first-order valence-corrected chi connectivity index (χ1v) is 8.93. The van der Waals surface area contributed by atoms with Gasteiger partial charge in [-0.05, 0) is 25.5 Å². The van der Waals surface area contributed by atoms with Crippen molar-refractivity contribution >= 4 is 45.9 Å². The first-order chi connectivity index (χ1) is 11.0. The van der Waals surface area contributed by atoms with Gasteiger partial charge in [0.2, 0.25) is 0 Å². The highest BCUT2D eigenvalue weighted by Gasteiger charge is 2.29. The summed E-state index contributed by atoms with van der Waals surface area (Å²) in [5.74, 6) is 0.718. The molecule has 0 saturated carbocycles. The fraction of sp³-hybridized carbons (Fsp3) is 0.588. The standard InChI is InChI=1S/C17H26BrN3O2.HI/c1-3-19-16(20-12-17(22)8-10-23-11-9-17)21-13(2)14-6-4-5-7-15(14)18;/h4-7,13,22H,3,8-12H2,1-2H3,(H2,19,20,21);1H. The second-order valence-corrected chi connectivity index (χ2v) is 6.77. The second kappa shape index (κ2) is 10.6. The molecule has 0 bridgehead atoms. The number of hydrogen-bond donors (Lipinski definition) is 3. The van der Waals surface area contributed by atoms with Crippen LogP contribution in [0.4, 0.5) is 0 Å². The van der Waals surface area contributed by atoms with E-state index in [2.05, 4.69) is 44.5 Å². The van der Waals surface area contributed by atoms with Crippen LogP contribution in [0.2, 0.25) is 0 Å². The number of guanidine groups is 1. The Morgan fingerprint density at radius 2 is 2.04 bits per heavy atom. The third-order valence-corrected chi connectivity index (χ3v) is 4.75. The Bertz CT molecular complexity index is 536. The van der Waals surface area contributed by atoms with Crippen LogP contribution in [-0.2, 0) is 4.74 Å². The van der Waals surface area contributed by atoms with E-state index in [0.29, 0.717) is 32.6 Å². The zero-order valence-electron chi connectivity index (χ0n) is 14.2. The van der Waals surface area contributed by atoms with E-state index >= 15 is 0 Å². The van der Waals surface area contributed by atoms with Crippen LogP contribution in [0.5, 0.6) is 0 Å². The smallest absolute Gasteiger partial charge is 0.191 e. The van der Waals surface area contributed by atoms with Crippen LogP contribution < -0.4 is 10.6 Å². The van der Waals surface area contributed by atoms with Crippen LogP contribution in [0.25, 0.3) is 0 Å². The number of ether oxygens (including phenoxy) is 1. The summed E-state index contributed by atoms with van der Waals surface area (Å²) in [4.78, 5) is 4.58. The maximum Gasteiger partial charge on any atom is 0.191 e. The van der Waals surface area contributed by atoms with Gasteiger partial charge in [-0.25, -0.2) is 0 Å². The average Bonchev–Trinajstić information content (AvgIpc) is 2.54. The van der Waals surface area contributed by atoms with Crippen molar-refractivity contribution in [3.8, 4) is 0 Å². The molecule has 1 atom stereocenters. The van der Waals surface area contributed by atoms with Crippen molar-refractivity contribution in [3.05, 3.63) is 34.3 Å². The van der Waals surface area contributed by atoms with Gasteiger partial charge in [0.05, 0.1) is 18.2 Å². The van der Waals surface area contributed by atoms with E-state index in [1.54, 1.807) is 0 Å². The molecule has 0 radical (unpaired) electrons. The van der Waals surface area contributed by atoms with Gasteiger partial charge in [0.25, 0.3) is 0 Å². The number of rotatable bonds is 5. The van der Waals surface area contributed by atoms with Crippen LogP contribution in [0, 0.1) is 0 Å². The molecule has 0 aromatic heterocycles. The Kier molecular flexibility index (Phi) is 9.54. The lowest BCUT2D eigenvalue weighted by molar-refractivity contribution is -0.0566. The van der Waals surface area contributed by atoms with Gasteiger partial charge >= 0.3 is 0 Å². The molecule has 1 saturated heterocycles. The number of aliphatic hydroxyl groups is 1. The number of halogens is 2. The summed E-state index contributed by atoms with van der Waals surface area (Å²) in [5, 5.41) is 17.2. The first kappa shape index (κ1) is 21.7. The summed E-state index contributed by atoms with van der Waals surface area (Å²) in [6, 6.07) is 8.24. The van der Waals surface area contributed by atoms with E-state index in [-0.39, 0.29) is 30.0 Å². The molecule has 1 aromatic rings. The van der Waals surface area contributed by atoms with Gasteiger partial charge < -0.3 is 20.5 Å². The molecule has 3 N–H and O–H groups in total. The number of nitrogens with zero attached hydrogens (tertiary/aromatic N) is 1. The molecule has 136 valence electrons. The Morgan fingerprint density at radius 1 is 1.38 bits per heavy atom. The molecule has 5 nitrogen and oxygen atoms in total. The number of hydrogen-bond acceptors (Lipinski definition) is 3. The highest BCUT2D eigenvalue weighted by atomic mass is 127. The van der Waals surface area contributed by atoms with Crippen LogP contribution in [0.3, 0.4) is 0 Å². The molecule has 24 heavy (non-hydrogen) atoms. The first-order valence-electron chi connectivity index (χ1n) is 8.13. The monoisotopic (exact) mass is 511 g/mol. The van der Waals surface area contributed by atoms with Crippen LogP contribution in [0.15, 0.2) is 33.7 Å². The van der Waals surface area contributed by atoms with Crippen molar-refractivity contribution < 1.29 is 9.84 Å². The minimum Gasteiger partial charge on any atom is -0.388 e. The molecule has 7 heteroatoms. The quantitative estimate of drug-likeness (QED) is 0.322. The summed E-state index contributed by atoms with van der Waals surface area (Å²) in [6.07, 6.45) is 1.27. The number of aliphatic imine (C=N–C) groups is 1. The zero-order chi connectivity index (χ0) is 16.7. The normalized spacial score (nSPS) is 18.4. The molecule has 1 aromatic carbocycles. The topological polar surface area (TPSA) is 65.9 Å². The summed E-state index contributed by atoms with van der Waals surface area (Å²) >= 11 is 3.58. The predicted octanol–water partition coefficient (Wildman–Crippen LogP) is 3.22.